The van der Waals surface area contributed by atoms with Gasteiger partial charge in [0.25, 0.3) is 0 Å². The second-order valence-electron chi connectivity index (χ2n) is 10.4. The Balaban J connectivity index is 1.75. The summed E-state index contributed by atoms with van der Waals surface area (Å²) in [5.41, 5.74) is -5.30. The first-order valence-electron chi connectivity index (χ1n) is 11.0. The molecule has 0 radical (unpaired) electrons. The molecule has 0 aromatic heterocycles. The SMILES string of the molecule is CC(=O)OCC(=O)[C@@]1(O)CC[C@@H]2[C@@H]3C[C@H](C)C4=CC(=O)C=C[C@]4(C)[C@@]3(F)[C@@H](O)C[C@]21C. The van der Waals surface area contributed by atoms with Crippen LogP contribution in [0.4, 0.5) is 4.39 Å². The Morgan fingerprint density at radius 1 is 1.29 bits per heavy atom. The van der Waals surface area contributed by atoms with Gasteiger partial charge in [0.15, 0.2) is 18.1 Å². The summed E-state index contributed by atoms with van der Waals surface area (Å²) in [7, 11) is 0. The van der Waals surface area contributed by atoms with Crippen LogP contribution < -0.4 is 0 Å². The first-order chi connectivity index (χ1) is 14.3. The fourth-order valence-electron chi connectivity index (χ4n) is 7.35. The number of halogens is 1. The van der Waals surface area contributed by atoms with E-state index in [1.54, 1.807) is 19.9 Å². The summed E-state index contributed by atoms with van der Waals surface area (Å²) in [6.45, 7) is 6.10. The second-order valence-corrected chi connectivity index (χ2v) is 10.4. The Morgan fingerprint density at radius 2 is 1.97 bits per heavy atom. The third-order valence-corrected chi connectivity index (χ3v) is 8.99. The van der Waals surface area contributed by atoms with Crippen molar-refractivity contribution >= 4 is 17.5 Å². The summed E-state index contributed by atoms with van der Waals surface area (Å²) >= 11 is 0. The highest BCUT2D eigenvalue weighted by Crippen LogP contribution is 2.70. The van der Waals surface area contributed by atoms with Gasteiger partial charge in [-0.3, -0.25) is 14.4 Å². The van der Waals surface area contributed by atoms with Crippen molar-refractivity contribution in [3.05, 3.63) is 23.8 Å². The Bertz CT molecular complexity index is 910. The average molecular weight is 435 g/mol. The monoisotopic (exact) mass is 434 g/mol. The van der Waals surface area contributed by atoms with Crippen LogP contribution in [0.1, 0.15) is 53.4 Å². The lowest BCUT2D eigenvalue weighted by atomic mass is 9.43. The van der Waals surface area contributed by atoms with Gasteiger partial charge in [0, 0.05) is 23.7 Å². The molecule has 4 rings (SSSR count). The number of rotatable bonds is 3. The molecule has 31 heavy (non-hydrogen) atoms. The van der Waals surface area contributed by atoms with Crippen LogP contribution in [0.5, 0.6) is 0 Å². The zero-order valence-electron chi connectivity index (χ0n) is 18.5. The molecule has 3 saturated carbocycles. The van der Waals surface area contributed by atoms with Gasteiger partial charge in [0.05, 0.1) is 6.10 Å². The number of hydrogen-bond acceptors (Lipinski definition) is 6. The standard InChI is InChI=1S/C24H31FO6/c1-13-9-18-16-6-8-23(30,20(29)12-31-14(2)26)22(16,4)11-19(28)24(18,25)21(3)7-5-15(27)10-17(13)21/h5,7,10,13,16,18-19,28,30H,6,8-9,11-12H2,1-4H3/t13-,16+,18-,19-,21-,22+,23-,24-/m0/s1. The highest BCUT2D eigenvalue weighted by atomic mass is 19.1. The molecule has 2 N–H and O–H groups in total. The van der Waals surface area contributed by atoms with E-state index in [1.165, 1.54) is 19.1 Å². The summed E-state index contributed by atoms with van der Waals surface area (Å²) < 4.78 is 21.9. The lowest BCUT2D eigenvalue weighted by molar-refractivity contribution is -0.221. The van der Waals surface area contributed by atoms with Crippen LogP contribution in [0.25, 0.3) is 0 Å². The molecule has 0 aromatic rings. The molecule has 0 heterocycles. The van der Waals surface area contributed by atoms with Crippen molar-refractivity contribution in [3.8, 4) is 0 Å². The van der Waals surface area contributed by atoms with E-state index in [4.69, 9.17) is 4.74 Å². The van der Waals surface area contributed by atoms with E-state index in [1.807, 2.05) is 6.92 Å². The molecule has 0 saturated heterocycles. The number of fused-ring (bicyclic) bond motifs is 5. The largest absolute Gasteiger partial charge is 0.458 e. The van der Waals surface area contributed by atoms with Gasteiger partial charge in [0.2, 0.25) is 5.78 Å². The molecule has 4 aliphatic rings. The van der Waals surface area contributed by atoms with Crippen LogP contribution in [0.15, 0.2) is 23.8 Å². The van der Waals surface area contributed by atoms with Crippen molar-refractivity contribution in [2.45, 2.75) is 70.8 Å². The molecule has 4 aliphatic carbocycles. The zero-order chi connectivity index (χ0) is 23.0. The van der Waals surface area contributed by atoms with Crippen LogP contribution >= 0.6 is 0 Å². The number of esters is 1. The van der Waals surface area contributed by atoms with Gasteiger partial charge in [-0.25, -0.2) is 4.39 Å². The van der Waals surface area contributed by atoms with Crippen molar-refractivity contribution in [1.82, 2.24) is 0 Å². The smallest absolute Gasteiger partial charge is 0.303 e. The number of alkyl halides is 1. The zero-order valence-corrected chi connectivity index (χ0v) is 18.5. The topological polar surface area (TPSA) is 101 Å². The number of carbonyl (C=O) groups excluding carboxylic acids is 3. The van der Waals surface area contributed by atoms with E-state index in [2.05, 4.69) is 0 Å². The molecule has 170 valence electrons. The minimum absolute atomic E-state index is 0.0761. The fraction of sp³-hybridized carbons (Fsp3) is 0.708. The fourth-order valence-corrected chi connectivity index (χ4v) is 7.35. The van der Waals surface area contributed by atoms with Gasteiger partial charge >= 0.3 is 5.97 Å². The highest BCUT2D eigenvalue weighted by molar-refractivity contribution is 6.01. The number of hydrogen-bond donors (Lipinski definition) is 2. The Morgan fingerprint density at radius 3 is 2.61 bits per heavy atom. The first-order valence-corrected chi connectivity index (χ1v) is 11.0. The van der Waals surface area contributed by atoms with Crippen molar-refractivity contribution in [3.63, 3.8) is 0 Å². The van der Waals surface area contributed by atoms with E-state index in [-0.39, 0.29) is 30.5 Å². The van der Waals surface area contributed by atoms with Gasteiger partial charge in [0.1, 0.15) is 5.60 Å². The molecule has 3 fully saturated rings. The van der Waals surface area contributed by atoms with Gasteiger partial charge in [-0.1, -0.05) is 25.5 Å². The molecule has 7 heteroatoms. The van der Waals surface area contributed by atoms with E-state index >= 15 is 4.39 Å². The predicted octanol–water partition coefficient (Wildman–Crippen LogP) is 2.47. The molecule has 8 atom stereocenters. The summed E-state index contributed by atoms with van der Waals surface area (Å²) in [6.07, 6.45) is 3.93. The third kappa shape index (κ3) is 2.72. The quantitative estimate of drug-likeness (QED) is 0.662. The molecule has 0 aliphatic heterocycles. The second kappa shape index (κ2) is 6.82. The van der Waals surface area contributed by atoms with E-state index < -0.39 is 52.5 Å². The summed E-state index contributed by atoms with van der Waals surface area (Å²) in [4.78, 5) is 36.1. The highest BCUT2D eigenvalue weighted by Gasteiger charge is 2.74. The lowest BCUT2D eigenvalue weighted by Crippen LogP contribution is -2.70. The average Bonchev–Trinajstić information content (AvgIpc) is 2.96. The summed E-state index contributed by atoms with van der Waals surface area (Å²) in [5, 5.41) is 22.7. The normalized spacial score (nSPS) is 48.4. The molecular formula is C24H31FO6. The number of aliphatic hydroxyl groups is 2. The molecule has 0 amide bonds. The Hall–Kier alpha value is -1.86. The Kier molecular flexibility index (Phi) is 4.91. The first kappa shape index (κ1) is 22.3. The molecule has 0 aromatic carbocycles. The van der Waals surface area contributed by atoms with Gasteiger partial charge in [-0.15, -0.1) is 0 Å². The minimum Gasteiger partial charge on any atom is -0.458 e. The van der Waals surface area contributed by atoms with Gasteiger partial charge < -0.3 is 14.9 Å². The maximum Gasteiger partial charge on any atom is 0.303 e. The number of ketones is 2. The molecule has 6 nitrogen and oxygen atoms in total. The molecule has 0 spiro atoms. The number of allylic oxidation sites excluding steroid dienone is 4. The maximum atomic E-state index is 17.1. The van der Waals surface area contributed by atoms with Crippen LogP contribution in [0, 0.1) is 28.6 Å². The van der Waals surface area contributed by atoms with Crippen LogP contribution in [0.2, 0.25) is 0 Å². The van der Waals surface area contributed by atoms with Crippen molar-refractivity contribution in [2.24, 2.45) is 28.6 Å². The minimum atomic E-state index is -2.02. The van der Waals surface area contributed by atoms with Crippen LogP contribution in [-0.4, -0.2) is 51.7 Å². The third-order valence-electron chi connectivity index (χ3n) is 8.99. The van der Waals surface area contributed by atoms with E-state index in [9.17, 15) is 24.6 Å². The van der Waals surface area contributed by atoms with E-state index in [0.29, 0.717) is 18.4 Å². The van der Waals surface area contributed by atoms with Gasteiger partial charge in [-0.05, 0) is 56.6 Å². The predicted molar refractivity (Wildman–Crippen MR) is 109 cm³/mol. The molecule has 0 bridgehead atoms. The lowest BCUT2D eigenvalue weighted by Gasteiger charge is -2.63. The van der Waals surface area contributed by atoms with Crippen molar-refractivity contribution < 1.29 is 33.7 Å². The number of aliphatic hydroxyl groups excluding tert-OH is 1. The summed E-state index contributed by atoms with van der Waals surface area (Å²) in [5.74, 6) is -2.40. The molecular weight excluding hydrogens is 403 g/mol. The van der Waals surface area contributed by atoms with Crippen molar-refractivity contribution in [2.75, 3.05) is 6.61 Å². The maximum absolute atomic E-state index is 17.1. The van der Waals surface area contributed by atoms with Gasteiger partial charge in [-0.2, -0.15) is 0 Å². The summed E-state index contributed by atoms with van der Waals surface area (Å²) in [6, 6.07) is 0. The van der Waals surface area contributed by atoms with Crippen molar-refractivity contribution in [1.29, 1.82) is 0 Å². The van der Waals surface area contributed by atoms with Crippen LogP contribution in [-0.2, 0) is 19.1 Å². The van der Waals surface area contributed by atoms with Crippen LogP contribution in [0.3, 0.4) is 0 Å². The Labute approximate surface area is 181 Å². The van der Waals surface area contributed by atoms with E-state index in [0.717, 1.165) is 0 Å². The molecule has 0 unspecified atom stereocenters. The number of Topliss-reactive ketones (excluding diaryl/α,β-unsaturated/α-hetero) is 1. The number of ether oxygens (including phenoxy) is 1. The number of carbonyl (C=O) groups is 3.